The van der Waals surface area contributed by atoms with Crippen LogP contribution in [0.15, 0.2) is 12.1 Å². The maximum atomic E-state index is 6.59. The van der Waals surface area contributed by atoms with Crippen molar-refractivity contribution in [2.24, 2.45) is 0 Å². The lowest BCUT2D eigenvalue weighted by Gasteiger charge is -2.19. The average Bonchev–Trinajstić information content (AvgIpc) is 3.19. The lowest BCUT2D eigenvalue weighted by Crippen LogP contribution is -2.07. The quantitative estimate of drug-likeness (QED) is 0.0618. The van der Waals surface area contributed by atoms with E-state index in [1.165, 1.54) is 217 Å². The number of unbranched alkanes of at least 4 members (excludes halogenated alkanes) is 34. The van der Waals surface area contributed by atoms with Crippen molar-refractivity contribution < 1.29 is 14.2 Å². The molecule has 0 amide bonds. The molecule has 0 aliphatic heterocycles. The molecule has 0 saturated heterocycles. The molecule has 0 saturated carbocycles. The van der Waals surface area contributed by atoms with Crippen molar-refractivity contribution in [2.45, 2.75) is 271 Å². The van der Waals surface area contributed by atoms with E-state index in [2.05, 4.69) is 39.8 Å². The van der Waals surface area contributed by atoms with E-state index in [1.807, 2.05) is 0 Å². The third-order valence-electron chi connectivity index (χ3n) is 11.6. The van der Waals surface area contributed by atoms with Gasteiger partial charge in [-0.05, 0) is 49.8 Å². The van der Waals surface area contributed by atoms with Crippen LogP contribution in [0.3, 0.4) is 0 Å². The molecule has 0 aliphatic rings. The average molecular weight is 770 g/mol. The molecule has 0 fully saturated rings. The Balaban J connectivity index is 2.59. The molecule has 0 aromatic heterocycles. The van der Waals surface area contributed by atoms with Gasteiger partial charge in [-0.15, -0.1) is 0 Å². The summed E-state index contributed by atoms with van der Waals surface area (Å²) < 4.78 is 19.7. The second-order valence-electron chi connectivity index (χ2n) is 17.1. The van der Waals surface area contributed by atoms with Crippen LogP contribution < -0.4 is 14.2 Å². The van der Waals surface area contributed by atoms with Crippen molar-refractivity contribution in [3.8, 4) is 17.2 Å². The minimum Gasteiger partial charge on any atom is -0.490 e. The number of ether oxygens (including phenoxy) is 3. The molecule has 0 atom stereocenters. The molecule has 1 rings (SSSR count). The lowest BCUT2D eigenvalue weighted by molar-refractivity contribution is 0.234. The number of hydrogen-bond acceptors (Lipinski definition) is 3. The van der Waals surface area contributed by atoms with E-state index in [1.54, 1.807) is 0 Å². The summed E-state index contributed by atoms with van der Waals surface area (Å²) in [5.74, 6) is 2.64. The van der Waals surface area contributed by atoms with Crippen LogP contribution in [0.5, 0.6) is 17.2 Å². The molecule has 1 radical (unpaired) electrons. The summed E-state index contributed by atoms with van der Waals surface area (Å²) in [6, 6.07) is 4.48. The van der Waals surface area contributed by atoms with Gasteiger partial charge in [0.1, 0.15) is 0 Å². The monoisotopic (exact) mass is 770 g/mol. The van der Waals surface area contributed by atoms with Gasteiger partial charge < -0.3 is 14.2 Å². The summed E-state index contributed by atoms with van der Waals surface area (Å²) in [7, 11) is 0. The molecule has 0 heterocycles. The number of hydrogen-bond donors (Lipinski definition) is 0. The second-order valence-corrected chi connectivity index (χ2v) is 17.1. The maximum absolute atomic E-state index is 6.59. The highest BCUT2D eigenvalue weighted by Crippen LogP contribution is 2.40. The van der Waals surface area contributed by atoms with Gasteiger partial charge in [-0.2, -0.15) is 0 Å². The Bertz CT molecular complexity index is 846. The fourth-order valence-electron chi connectivity index (χ4n) is 7.83. The summed E-state index contributed by atoms with van der Waals surface area (Å²) in [5, 5.41) is 0. The Hall–Kier alpha value is -1.38. The minimum atomic E-state index is 0.736. The van der Waals surface area contributed by atoms with E-state index < -0.39 is 0 Å². The van der Waals surface area contributed by atoms with E-state index >= 15 is 0 Å². The summed E-state index contributed by atoms with van der Waals surface area (Å²) in [6.45, 7) is 13.3. The van der Waals surface area contributed by atoms with Gasteiger partial charge in [0.15, 0.2) is 11.5 Å². The molecule has 0 aliphatic carbocycles. The van der Waals surface area contributed by atoms with Crippen LogP contribution in [-0.2, 0) is 6.42 Å². The van der Waals surface area contributed by atoms with Gasteiger partial charge in [0.2, 0.25) is 5.75 Å². The summed E-state index contributed by atoms with van der Waals surface area (Å²) in [6.07, 6.45) is 51.8. The Morgan fingerprint density at radius 1 is 0.327 bits per heavy atom. The zero-order chi connectivity index (χ0) is 39.5. The Morgan fingerprint density at radius 2 is 0.582 bits per heavy atom. The fraction of sp³-hybridized carbons (Fsp3) is 0.865. The van der Waals surface area contributed by atoms with E-state index in [0.717, 1.165) is 75.6 Å². The van der Waals surface area contributed by atoms with Gasteiger partial charge in [0.25, 0.3) is 0 Å². The topological polar surface area (TPSA) is 27.7 Å². The molecule has 55 heavy (non-hydrogen) atoms. The molecule has 0 spiro atoms. The number of benzene rings is 1. The van der Waals surface area contributed by atoms with Crippen molar-refractivity contribution in [1.82, 2.24) is 0 Å². The molecule has 0 unspecified atom stereocenters. The fourth-order valence-corrected chi connectivity index (χ4v) is 7.83. The van der Waals surface area contributed by atoms with Crippen LogP contribution in [0.4, 0.5) is 0 Å². The molecular weight excluding hydrogens is 673 g/mol. The summed E-state index contributed by atoms with van der Waals surface area (Å²) >= 11 is 0. The first-order valence-corrected chi connectivity index (χ1v) is 25.1. The molecule has 1 aromatic rings. The van der Waals surface area contributed by atoms with Crippen LogP contribution >= 0.6 is 0 Å². The van der Waals surface area contributed by atoms with Gasteiger partial charge >= 0.3 is 0 Å². The highest BCUT2D eigenvalue weighted by molar-refractivity contribution is 5.54. The van der Waals surface area contributed by atoms with Gasteiger partial charge in [-0.25, -0.2) is 0 Å². The van der Waals surface area contributed by atoms with Crippen molar-refractivity contribution >= 4 is 0 Å². The Morgan fingerprint density at radius 3 is 0.855 bits per heavy atom. The van der Waals surface area contributed by atoms with Crippen LogP contribution in [0, 0.1) is 6.92 Å². The van der Waals surface area contributed by atoms with Crippen molar-refractivity contribution in [3.63, 3.8) is 0 Å². The third kappa shape index (κ3) is 33.3. The SMILES string of the molecule is [CH2]CCCc1cc(OCCCCCCCCCCCCCC)c(OCCCCCCCCCCCCCC)c(OCCCCCCCCCCCCCC)c1. The first-order valence-electron chi connectivity index (χ1n) is 25.1. The maximum Gasteiger partial charge on any atom is 0.203 e. The van der Waals surface area contributed by atoms with E-state index in [9.17, 15) is 0 Å². The van der Waals surface area contributed by atoms with Crippen molar-refractivity contribution in [3.05, 3.63) is 24.6 Å². The van der Waals surface area contributed by atoms with E-state index in [4.69, 9.17) is 14.2 Å². The zero-order valence-electron chi connectivity index (χ0n) is 37.8. The Kier molecular flexibility index (Phi) is 39.7. The van der Waals surface area contributed by atoms with Crippen molar-refractivity contribution in [1.29, 1.82) is 0 Å². The highest BCUT2D eigenvalue weighted by Gasteiger charge is 2.16. The lowest BCUT2D eigenvalue weighted by atomic mass is 10.1. The molecule has 3 heteroatoms. The smallest absolute Gasteiger partial charge is 0.203 e. The van der Waals surface area contributed by atoms with Crippen molar-refractivity contribution in [2.75, 3.05) is 19.8 Å². The highest BCUT2D eigenvalue weighted by atomic mass is 16.5. The van der Waals surface area contributed by atoms with Gasteiger partial charge in [0.05, 0.1) is 19.8 Å². The van der Waals surface area contributed by atoms with Crippen LogP contribution in [0.1, 0.15) is 270 Å². The molecular formula is C52H97O3. The van der Waals surface area contributed by atoms with Gasteiger partial charge in [0, 0.05) is 0 Å². The summed E-state index contributed by atoms with van der Waals surface area (Å²) in [4.78, 5) is 0. The second kappa shape index (κ2) is 42.2. The van der Waals surface area contributed by atoms with Gasteiger partial charge in [-0.3, -0.25) is 0 Å². The van der Waals surface area contributed by atoms with Crippen LogP contribution in [-0.4, -0.2) is 19.8 Å². The predicted octanol–water partition coefficient (Wildman–Crippen LogP) is 18.1. The van der Waals surface area contributed by atoms with E-state index in [-0.39, 0.29) is 0 Å². The summed E-state index contributed by atoms with van der Waals surface area (Å²) in [5.41, 5.74) is 1.29. The zero-order valence-corrected chi connectivity index (χ0v) is 37.8. The minimum absolute atomic E-state index is 0.736. The van der Waals surface area contributed by atoms with Crippen LogP contribution in [0.25, 0.3) is 0 Å². The van der Waals surface area contributed by atoms with Gasteiger partial charge in [-0.1, -0.05) is 246 Å². The molecule has 323 valence electrons. The van der Waals surface area contributed by atoms with E-state index in [0.29, 0.717) is 0 Å². The molecule has 3 nitrogen and oxygen atoms in total. The number of aryl methyl sites for hydroxylation is 1. The third-order valence-corrected chi connectivity index (χ3v) is 11.6. The normalized spacial score (nSPS) is 11.4. The Labute approximate surface area is 346 Å². The molecule has 0 bridgehead atoms. The first kappa shape index (κ1) is 51.6. The predicted molar refractivity (Wildman–Crippen MR) is 244 cm³/mol. The number of rotatable bonds is 45. The largest absolute Gasteiger partial charge is 0.490 e. The molecule has 1 aromatic carbocycles. The standard InChI is InChI=1S/C52H97O3/c1-5-9-13-16-19-22-25-28-31-34-37-40-44-53-50-47-49(43-12-8-4)48-51(54-45-41-38-35-32-29-26-23-20-17-14-10-6-2)52(50)55-46-42-39-36-33-30-27-24-21-18-15-11-7-3/h47-48H,4-46H2,1-3H3. The first-order chi connectivity index (χ1) is 27.3. The van der Waals surface area contributed by atoms with Crippen LogP contribution in [0.2, 0.25) is 0 Å². The molecule has 0 N–H and O–H groups in total.